The average Bonchev–Trinajstić information content (AvgIpc) is 2.72. The molecule has 1 atom stereocenters. The predicted octanol–water partition coefficient (Wildman–Crippen LogP) is 2.68. The fraction of sp³-hybridized carbons (Fsp3) is 0.417. The summed E-state index contributed by atoms with van der Waals surface area (Å²) >= 11 is 5.98. The summed E-state index contributed by atoms with van der Waals surface area (Å²) in [5, 5.41) is 12.1. The lowest BCUT2D eigenvalue weighted by molar-refractivity contribution is 0.462. The van der Waals surface area contributed by atoms with E-state index in [1.54, 1.807) is 0 Å². The minimum absolute atomic E-state index is 0.619. The van der Waals surface area contributed by atoms with Gasteiger partial charge < -0.3 is 5.32 Å². The van der Waals surface area contributed by atoms with Crippen molar-refractivity contribution >= 4 is 22.5 Å². The van der Waals surface area contributed by atoms with Crippen LogP contribution in [0.2, 0.25) is 5.15 Å². The predicted molar refractivity (Wildman–Crippen MR) is 65.9 cm³/mol. The molecule has 0 radical (unpaired) electrons. The van der Waals surface area contributed by atoms with Crippen LogP contribution >= 0.6 is 11.6 Å². The Labute approximate surface area is 99.2 Å². The summed E-state index contributed by atoms with van der Waals surface area (Å²) < 4.78 is 0. The van der Waals surface area contributed by atoms with Crippen LogP contribution in [-0.2, 0) is 0 Å². The first-order valence-electron chi connectivity index (χ1n) is 5.69. The van der Waals surface area contributed by atoms with Crippen LogP contribution in [-0.4, -0.2) is 23.3 Å². The monoisotopic (exact) mass is 235 g/mol. The number of H-pyrrole nitrogens is 1. The van der Waals surface area contributed by atoms with Crippen LogP contribution in [0.15, 0.2) is 18.2 Å². The maximum absolute atomic E-state index is 5.98. The van der Waals surface area contributed by atoms with E-state index in [-0.39, 0.29) is 0 Å². The zero-order valence-electron chi connectivity index (χ0n) is 8.96. The third kappa shape index (κ3) is 1.70. The summed E-state index contributed by atoms with van der Waals surface area (Å²) in [6.07, 6.45) is 2.51. The molecular weight excluding hydrogens is 222 g/mol. The van der Waals surface area contributed by atoms with Crippen molar-refractivity contribution in [1.29, 1.82) is 0 Å². The fourth-order valence-electron chi connectivity index (χ4n) is 2.39. The van der Waals surface area contributed by atoms with Gasteiger partial charge in [0.15, 0.2) is 0 Å². The molecule has 3 rings (SSSR count). The van der Waals surface area contributed by atoms with E-state index in [1.807, 2.05) is 0 Å². The average molecular weight is 236 g/mol. The first-order valence-corrected chi connectivity index (χ1v) is 6.06. The molecule has 0 amide bonds. The molecular formula is C12H14ClN3. The lowest BCUT2D eigenvalue weighted by atomic mass is 9.91. The van der Waals surface area contributed by atoms with Crippen molar-refractivity contribution in [1.82, 2.24) is 15.5 Å². The van der Waals surface area contributed by atoms with Gasteiger partial charge in [0.1, 0.15) is 5.15 Å². The number of piperidine rings is 1. The maximum atomic E-state index is 5.98. The molecule has 1 fully saturated rings. The fourth-order valence-corrected chi connectivity index (χ4v) is 2.59. The Bertz CT molecular complexity index is 500. The second-order valence-corrected chi connectivity index (χ2v) is 4.74. The largest absolute Gasteiger partial charge is 0.316 e. The van der Waals surface area contributed by atoms with Gasteiger partial charge >= 0.3 is 0 Å². The number of rotatable bonds is 1. The van der Waals surface area contributed by atoms with Gasteiger partial charge in [-0.25, -0.2) is 0 Å². The Morgan fingerprint density at radius 3 is 3.12 bits per heavy atom. The third-order valence-electron chi connectivity index (χ3n) is 3.30. The van der Waals surface area contributed by atoms with Gasteiger partial charge in [-0.05, 0) is 43.0 Å². The quantitative estimate of drug-likeness (QED) is 0.798. The minimum Gasteiger partial charge on any atom is -0.316 e. The molecule has 16 heavy (non-hydrogen) atoms. The molecule has 0 saturated carbocycles. The topological polar surface area (TPSA) is 40.7 Å². The minimum atomic E-state index is 0.619. The lowest BCUT2D eigenvalue weighted by Gasteiger charge is -2.22. The molecule has 1 unspecified atom stereocenters. The molecule has 3 nitrogen and oxygen atoms in total. The Balaban J connectivity index is 1.97. The van der Waals surface area contributed by atoms with Crippen molar-refractivity contribution in [3.8, 4) is 0 Å². The van der Waals surface area contributed by atoms with Crippen molar-refractivity contribution in [2.75, 3.05) is 13.1 Å². The molecule has 1 aliphatic heterocycles. The van der Waals surface area contributed by atoms with E-state index < -0.39 is 0 Å². The summed E-state index contributed by atoms with van der Waals surface area (Å²) in [5.74, 6) is 0.619. The molecule has 0 bridgehead atoms. The summed E-state index contributed by atoms with van der Waals surface area (Å²) in [7, 11) is 0. The molecule has 0 aliphatic carbocycles. The highest BCUT2D eigenvalue weighted by Gasteiger charge is 2.16. The molecule has 2 aromatic rings. The van der Waals surface area contributed by atoms with E-state index in [9.17, 15) is 0 Å². The van der Waals surface area contributed by atoms with E-state index >= 15 is 0 Å². The van der Waals surface area contributed by atoms with Crippen molar-refractivity contribution < 1.29 is 0 Å². The zero-order valence-corrected chi connectivity index (χ0v) is 9.72. The van der Waals surface area contributed by atoms with Crippen LogP contribution in [0.1, 0.15) is 24.3 Å². The molecule has 1 aromatic carbocycles. The molecule has 2 heterocycles. The van der Waals surface area contributed by atoms with Crippen molar-refractivity contribution in [2.24, 2.45) is 0 Å². The van der Waals surface area contributed by atoms with Gasteiger partial charge in [0.2, 0.25) is 0 Å². The standard InChI is InChI=1S/C12H14ClN3/c13-12-10-4-3-8(6-11(10)15-16-12)9-2-1-5-14-7-9/h3-4,6,9,14H,1-2,5,7H2,(H,15,16). The number of aromatic nitrogens is 2. The van der Waals surface area contributed by atoms with Crippen LogP contribution in [0.4, 0.5) is 0 Å². The molecule has 1 saturated heterocycles. The zero-order chi connectivity index (χ0) is 11.0. The van der Waals surface area contributed by atoms with Crippen molar-refractivity contribution in [2.45, 2.75) is 18.8 Å². The maximum Gasteiger partial charge on any atom is 0.132 e. The Kier molecular flexibility index (Phi) is 2.58. The highest BCUT2D eigenvalue weighted by atomic mass is 35.5. The van der Waals surface area contributed by atoms with Gasteiger partial charge in [-0.15, -0.1) is 0 Å². The summed E-state index contributed by atoms with van der Waals surface area (Å²) in [6, 6.07) is 6.38. The molecule has 84 valence electrons. The van der Waals surface area contributed by atoms with Crippen molar-refractivity contribution in [3.05, 3.63) is 28.9 Å². The smallest absolute Gasteiger partial charge is 0.132 e. The van der Waals surface area contributed by atoms with E-state index in [4.69, 9.17) is 11.6 Å². The van der Waals surface area contributed by atoms with Crippen LogP contribution in [0.5, 0.6) is 0 Å². The highest BCUT2D eigenvalue weighted by Crippen LogP contribution is 2.27. The number of halogens is 1. The third-order valence-corrected chi connectivity index (χ3v) is 3.59. The second kappa shape index (κ2) is 4.07. The van der Waals surface area contributed by atoms with Gasteiger partial charge in [-0.1, -0.05) is 17.7 Å². The Morgan fingerprint density at radius 2 is 2.31 bits per heavy atom. The first kappa shape index (κ1) is 10.1. The summed E-state index contributed by atoms with van der Waals surface area (Å²) in [5.41, 5.74) is 2.33. The van der Waals surface area contributed by atoms with Crippen LogP contribution in [0.3, 0.4) is 0 Å². The van der Waals surface area contributed by atoms with Crippen LogP contribution in [0.25, 0.3) is 10.9 Å². The Hall–Kier alpha value is -1.06. The molecule has 1 aliphatic rings. The molecule has 1 aromatic heterocycles. The highest BCUT2D eigenvalue weighted by molar-refractivity contribution is 6.34. The lowest BCUT2D eigenvalue weighted by Crippen LogP contribution is -2.28. The van der Waals surface area contributed by atoms with Gasteiger partial charge in [0, 0.05) is 11.9 Å². The normalized spacial score (nSPS) is 21.4. The van der Waals surface area contributed by atoms with Gasteiger partial charge in [0.05, 0.1) is 5.52 Å². The van der Waals surface area contributed by atoms with Crippen LogP contribution < -0.4 is 5.32 Å². The first-order chi connectivity index (χ1) is 7.84. The number of nitrogens with one attached hydrogen (secondary N) is 2. The van der Waals surface area contributed by atoms with Crippen molar-refractivity contribution in [3.63, 3.8) is 0 Å². The van der Waals surface area contributed by atoms with Gasteiger partial charge in [0.25, 0.3) is 0 Å². The van der Waals surface area contributed by atoms with E-state index in [0.717, 1.165) is 24.0 Å². The number of hydrogen-bond acceptors (Lipinski definition) is 2. The van der Waals surface area contributed by atoms with Gasteiger partial charge in [-0.2, -0.15) is 5.10 Å². The van der Waals surface area contributed by atoms with E-state index in [0.29, 0.717) is 11.1 Å². The number of benzene rings is 1. The SMILES string of the molecule is Clc1[nH]nc2cc(C3CCCNC3)ccc12. The summed E-state index contributed by atoms with van der Waals surface area (Å²) in [4.78, 5) is 0. The van der Waals surface area contributed by atoms with E-state index in [1.165, 1.54) is 18.4 Å². The van der Waals surface area contributed by atoms with Gasteiger partial charge in [-0.3, -0.25) is 5.10 Å². The Morgan fingerprint density at radius 1 is 1.38 bits per heavy atom. The number of nitrogens with zero attached hydrogens (tertiary/aromatic N) is 1. The van der Waals surface area contributed by atoms with E-state index in [2.05, 4.69) is 33.7 Å². The molecule has 4 heteroatoms. The number of hydrogen-bond donors (Lipinski definition) is 2. The van der Waals surface area contributed by atoms with Crippen LogP contribution in [0, 0.1) is 0 Å². The molecule has 2 N–H and O–H groups in total. The summed E-state index contributed by atoms with van der Waals surface area (Å²) in [6.45, 7) is 2.22. The number of fused-ring (bicyclic) bond motifs is 1. The second-order valence-electron chi connectivity index (χ2n) is 4.36. The molecule has 0 spiro atoms. The number of aromatic amines is 1.